The Balaban J connectivity index is 0.000000847. The molecule has 116 valence electrons. The Kier molecular flexibility index (Phi) is 5.98. The fourth-order valence-electron chi connectivity index (χ4n) is 2.23. The second-order valence-electron chi connectivity index (χ2n) is 4.58. The highest BCUT2D eigenvalue weighted by molar-refractivity contribution is 5.75. The summed E-state index contributed by atoms with van der Waals surface area (Å²) in [5.41, 5.74) is 3.26. The van der Waals surface area contributed by atoms with Gasteiger partial charge in [0.15, 0.2) is 0 Å². The summed E-state index contributed by atoms with van der Waals surface area (Å²) < 4.78 is 7.54. The largest absolute Gasteiger partial charge is 0.491 e. The van der Waals surface area contributed by atoms with Gasteiger partial charge in [-0.2, -0.15) is 0 Å². The lowest BCUT2D eigenvalue weighted by atomic mass is 10.2. The molecule has 0 unspecified atom stereocenters. The van der Waals surface area contributed by atoms with Crippen molar-refractivity contribution in [1.82, 2.24) is 9.55 Å². The first kappa shape index (κ1) is 16.0. The fourth-order valence-corrected chi connectivity index (χ4v) is 2.23. The van der Waals surface area contributed by atoms with Crippen molar-refractivity contribution in [1.29, 1.82) is 0 Å². The zero-order valence-electron chi connectivity index (χ0n) is 13.1. The number of nitrogens with zero attached hydrogens (tertiary/aromatic N) is 2. The number of aromatic nitrogens is 2. The lowest BCUT2D eigenvalue weighted by Gasteiger charge is -2.08. The molecule has 4 heteroatoms. The number of aliphatic hydroxyl groups excluding tert-OH is 1. The number of aliphatic hydroxyl groups is 1. The van der Waals surface area contributed by atoms with Crippen LogP contribution in [0.1, 0.15) is 19.4 Å². The number of benzene rings is 2. The van der Waals surface area contributed by atoms with Crippen molar-refractivity contribution in [3.63, 3.8) is 0 Å². The van der Waals surface area contributed by atoms with Gasteiger partial charge in [0, 0.05) is 6.54 Å². The van der Waals surface area contributed by atoms with Crippen molar-refractivity contribution in [2.45, 2.75) is 20.4 Å². The Bertz CT molecular complexity index is 707. The van der Waals surface area contributed by atoms with Crippen LogP contribution >= 0.6 is 0 Å². The van der Waals surface area contributed by atoms with Crippen molar-refractivity contribution in [3.8, 4) is 5.75 Å². The van der Waals surface area contributed by atoms with Crippen LogP contribution in [-0.4, -0.2) is 27.9 Å². The van der Waals surface area contributed by atoms with Gasteiger partial charge in [0.1, 0.15) is 12.4 Å². The SMILES string of the molecule is CC.OCCOc1cccc(Cn2cnc3ccccc32)c1. The molecule has 0 aliphatic carbocycles. The average molecular weight is 298 g/mol. The van der Waals surface area contributed by atoms with Crippen LogP contribution in [0.5, 0.6) is 5.75 Å². The van der Waals surface area contributed by atoms with Crippen molar-refractivity contribution in [3.05, 3.63) is 60.4 Å². The number of hydrogen-bond donors (Lipinski definition) is 1. The summed E-state index contributed by atoms with van der Waals surface area (Å²) in [5, 5.41) is 8.79. The quantitative estimate of drug-likeness (QED) is 0.784. The normalized spacial score (nSPS) is 10.1. The van der Waals surface area contributed by atoms with E-state index >= 15 is 0 Å². The van der Waals surface area contributed by atoms with E-state index in [1.165, 1.54) is 0 Å². The van der Waals surface area contributed by atoms with Crippen LogP contribution in [0.25, 0.3) is 11.0 Å². The van der Waals surface area contributed by atoms with E-state index in [1.54, 1.807) is 0 Å². The molecule has 0 atom stereocenters. The maximum absolute atomic E-state index is 8.79. The predicted molar refractivity (Wildman–Crippen MR) is 89.2 cm³/mol. The van der Waals surface area contributed by atoms with E-state index in [4.69, 9.17) is 9.84 Å². The van der Waals surface area contributed by atoms with E-state index in [9.17, 15) is 0 Å². The molecular formula is C18H22N2O2. The summed E-state index contributed by atoms with van der Waals surface area (Å²) in [6.07, 6.45) is 1.85. The van der Waals surface area contributed by atoms with Gasteiger partial charge in [-0.3, -0.25) is 0 Å². The first-order valence-electron chi connectivity index (χ1n) is 7.59. The third-order valence-electron chi connectivity index (χ3n) is 3.14. The summed E-state index contributed by atoms with van der Waals surface area (Å²) in [5.74, 6) is 0.779. The Hall–Kier alpha value is -2.33. The molecule has 22 heavy (non-hydrogen) atoms. The number of imidazole rings is 1. The number of hydrogen-bond acceptors (Lipinski definition) is 3. The molecule has 0 aliphatic rings. The first-order valence-corrected chi connectivity index (χ1v) is 7.59. The van der Waals surface area contributed by atoms with Crippen molar-refractivity contribution in [2.75, 3.05) is 13.2 Å². The van der Waals surface area contributed by atoms with Crippen LogP contribution in [0.4, 0.5) is 0 Å². The molecule has 2 aromatic carbocycles. The molecule has 1 N–H and O–H groups in total. The van der Waals surface area contributed by atoms with E-state index in [1.807, 2.05) is 56.6 Å². The predicted octanol–water partition coefficient (Wildman–Crippen LogP) is 3.48. The Labute approximate surface area is 131 Å². The van der Waals surface area contributed by atoms with E-state index < -0.39 is 0 Å². The van der Waals surface area contributed by atoms with Gasteiger partial charge in [0.2, 0.25) is 0 Å². The number of ether oxygens (including phenoxy) is 1. The summed E-state index contributed by atoms with van der Waals surface area (Å²) in [7, 11) is 0. The smallest absolute Gasteiger partial charge is 0.119 e. The second-order valence-corrected chi connectivity index (χ2v) is 4.58. The van der Waals surface area contributed by atoms with Gasteiger partial charge in [-0.25, -0.2) is 4.98 Å². The average Bonchev–Trinajstić information content (AvgIpc) is 2.98. The Morgan fingerprint density at radius 2 is 1.91 bits per heavy atom. The summed E-state index contributed by atoms with van der Waals surface area (Å²) in [6, 6.07) is 16.0. The minimum atomic E-state index is 0.0242. The van der Waals surface area contributed by atoms with Gasteiger partial charge in [-0.15, -0.1) is 0 Å². The lowest BCUT2D eigenvalue weighted by molar-refractivity contribution is 0.201. The molecule has 3 rings (SSSR count). The monoisotopic (exact) mass is 298 g/mol. The summed E-state index contributed by atoms with van der Waals surface area (Å²) in [4.78, 5) is 4.39. The maximum Gasteiger partial charge on any atom is 0.119 e. The molecule has 4 nitrogen and oxygen atoms in total. The second kappa shape index (κ2) is 8.20. The zero-order valence-corrected chi connectivity index (χ0v) is 13.1. The molecular weight excluding hydrogens is 276 g/mol. The zero-order chi connectivity index (χ0) is 15.8. The number of rotatable bonds is 5. The van der Waals surface area contributed by atoms with Crippen LogP contribution in [0.3, 0.4) is 0 Å². The van der Waals surface area contributed by atoms with E-state index in [0.29, 0.717) is 6.61 Å². The van der Waals surface area contributed by atoms with Gasteiger partial charge in [-0.05, 0) is 29.8 Å². The maximum atomic E-state index is 8.79. The van der Waals surface area contributed by atoms with Crippen LogP contribution in [0, 0.1) is 0 Å². The molecule has 0 bridgehead atoms. The standard InChI is InChI=1S/C16H16N2O2.C2H6/c19-8-9-20-14-5-3-4-13(10-14)11-18-12-17-15-6-1-2-7-16(15)18;1-2/h1-7,10,12,19H,8-9,11H2;1-2H3. The molecule has 0 saturated carbocycles. The van der Waals surface area contributed by atoms with Gasteiger partial charge in [0.05, 0.1) is 24.0 Å². The van der Waals surface area contributed by atoms with E-state index in [0.717, 1.165) is 28.9 Å². The van der Waals surface area contributed by atoms with Gasteiger partial charge in [-0.1, -0.05) is 38.1 Å². The molecule has 0 spiro atoms. The van der Waals surface area contributed by atoms with Crippen LogP contribution < -0.4 is 4.74 Å². The molecule has 0 fully saturated rings. The van der Waals surface area contributed by atoms with Gasteiger partial charge < -0.3 is 14.4 Å². The highest BCUT2D eigenvalue weighted by atomic mass is 16.5. The number of fused-ring (bicyclic) bond motifs is 1. The minimum Gasteiger partial charge on any atom is -0.491 e. The van der Waals surface area contributed by atoms with Crippen LogP contribution in [0.2, 0.25) is 0 Å². The van der Waals surface area contributed by atoms with E-state index in [-0.39, 0.29) is 6.61 Å². The summed E-state index contributed by atoms with van der Waals surface area (Å²) in [6.45, 7) is 5.09. The van der Waals surface area contributed by atoms with E-state index in [2.05, 4.69) is 21.7 Å². The Morgan fingerprint density at radius 3 is 2.73 bits per heavy atom. The first-order chi connectivity index (χ1) is 10.9. The lowest BCUT2D eigenvalue weighted by Crippen LogP contribution is -2.03. The molecule has 0 saturated heterocycles. The number of para-hydroxylation sites is 2. The minimum absolute atomic E-state index is 0.0242. The highest BCUT2D eigenvalue weighted by Crippen LogP contribution is 2.17. The Morgan fingerprint density at radius 1 is 1.09 bits per heavy atom. The fraction of sp³-hybridized carbons (Fsp3) is 0.278. The molecule has 3 aromatic rings. The van der Waals surface area contributed by atoms with Crippen LogP contribution in [0.15, 0.2) is 54.9 Å². The molecule has 1 aromatic heterocycles. The highest BCUT2D eigenvalue weighted by Gasteiger charge is 2.03. The van der Waals surface area contributed by atoms with Crippen molar-refractivity contribution in [2.24, 2.45) is 0 Å². The van der Waals surface area contributed by atoms with Crippen molar-refractivity contribution < 1.29 is 9.84 Å². The molecule has 0 amide bonds. The molecule has 0 radical (unpaired) electrons. The molecule has 1 heterocycles. The topological polar surface area (TPSA) is 47.3 Å². The molecule has 0 aliphatic heterocycles. The third-order valence-corrected chi connectivity index (χ3v) is 3.14. The van der Waals surface area contributed by atoms with Gasteiger partial charge in [0.25, 0.3) is 0 Å². The van der Waals surface area contributed by atoms with Crippen molar-refractivity contribution >= 4 is 11.0 Å². The summed E-state index contributed by atoms with van der Waals surface area (Å²) >= 11 is 0. The van der Waals surface area contributed by atoms with Gasteiger partial charge >= 0.3 is 0 Å². The third kappa shape index (κ3) is 3.86. The van der Waals surface area contributed by atoms with Crippen LogP contribution in [-0.2, 0) is 6.54 Å².